The summed E-state index contributed by atoms with van der Waals surface area (Å²) in [6, 6.07) is 0. The molecule has 0 N–H and O–H groups in total. The Morgan fingerprint density at radius 3 is 2.25 bits per heavy atom. The average Bonchev–Trinajstić information content (AvgIpc) is 2.14. The predicted molar refractivity (Wildman–Crippen MR) is 85.0 cm³/mol. The fraction of sp³-hybridized carbons (Fsp3) is 0.846. The van der Waals surface area contributed by atoms with Crippen LogP contribution in [0.5, 0.6) is 0 Å². The summed E-state index contributed by atoms with van der Waals surface area (Å²) in [7, 11) is -1.60. The quantitative estimate of drug-likeness (QED) is 0.277. The van der Waals surface area contributed by atoms with E-state index in [2.05, 4.69) is 75.5 Å². The zero-order valence-electron chi connectivity index (χ0n) is 11.6. The molecule has 0 spiro atoms. The molecule has 0 aliphatic rings. The maximum atomic E-state index is 6.35. The molecule has 0 saturated heterocycles. The standard InChI is InChI=1S/C13H27IOSi/c1-7-12(10-8-9-11-14)15-16(5,6)13(2,3)4/h8,10,12H,7,9,11H2,1-6H3/b10-8+/t12-/m0/s1. The van der Waals surface area contributed by atoms with Crippen molar-refractivity contribution in [3.05, 3.63) is 12.2 Å². The van der Waals surface area contributed by atoms with Crippen LogP contribution in [0.4, 0.5) is 0 Å². The maximum absolute atomic E-state index is 6.35. The molecular weight excluding hydrogens is 327 g/mol. The second-order valence-electron chi connectivity index (χ2n) is 5.73. The van der Waals surface area contributed by atoms with Gasteiger partial charge in [0.15, 0.2) is 8.32 Å². The van der Waals surface area contributed by atoms with Crippen LogP contribution in [-0.2, 0) is 4.43 Å². The number of hydrogen-bond donors (Lipinski definition) is 0. The summed E-state index contributed by atoms with van der Waals surface area (Å²) in [4.78, 5) is 0. The van der Waals surface area contributed by atoms with Gasteiger partial charge in [-0.3, -0.25) is 0 Å². The van der Waals surface area contributed by atoms with E-state index in [1.807, 2.05) is 0 Å². The summed E-state index contributed by atoms with van der Waals surface area (Å²) < 4.78 is 7.53. The molecule has 0 rings (SSSR count). The summed E-state index contributed by atoms with van der Waals surface area (Å²) in [5.41, 5.74) is 0. The molecule has 0 aliphatic carbocycles. The summed E-state index contributed by atoms with van der Waals surface area (Å²) in [6.07, 6.45) is 7.04. The highest BCUT2D eigenvalue weighted by Crippen LogP contribution is 2.37. The van der Waals surface area contributed by atoms with Crippen LogP contribution in [0.15, 0.2) is 12.2 Å². The Morgan fingerprint density at radius 1 is 1.31 bits per heavy atom. The molecule has 16 heavy (non-hydrogen) atoms. The van der Waals surface area contributed by atoms with Crippen molar-refractivity contribution in [2.45, 2.75) is 64.8 Å². The van der Waals surface area contributed by atoms with Gasteiger partial charge in [-0.15, -0.1) is 0 Å². The van der Waals surface area contributed by atoms with Crippen molar-refractivity contribution in [2.24, 2.45) is 0 Å². The van der Waals surface area contributed by atoms with Gasteiger partial charge in [0.25, 0.3) is 0 Å². The van der Waals surface area contributed by atoms with E-state index in [9.17, 15) is 0 Å². The highest BCUT2D eigenvalue weighted by Gasteiger charge is 2.38. The molecule has 1 atom stereocenters. The lowest BCUT2D eigenvalue weighted by molar-refractivity contribution is 0.220. The van der Waals surface area contributed by atoms with E-state index in [1.54, 1.807) is 0 Å². The summed E-state index contributed by atoms with van der Waals surface area (Å²) in [5, 5.41) is 0.303. The third-order valence-electron chi connectivity index (χ3n) is 3.28. The first-order valence-corrected chi connectivity index (χ1v) is 10.6. The minimum Gasteiger partial charge on any atom is -0.411 e. The summed E-state index contributed by atoms with van der Waals surface area (Å²) in [5.74, 6) is 0. The first kappa shape index (κ1) is 16.6. The number of alkyl halides is 1. The zero-order chi connectivity index (χ0) is 12.8. The third kappa shape index (κ3) is 5.82. The van der Waals surface area contributed by atoms with E-state index in [4.69, 9.17) is 4.43 Å². The lowest BCUT2D eigenvalue weighted by atomic mass is 10.2. The normalized spacial score (nSPS) is 15.7. The largest absolute Gasteiger partial charge is 0.411 e. The zero-order valence-corrected chi connectivity index (χ0v) is 14.8. The van der Waals surface area contributed by atoms with Crippen molar-refractivity contribution in [2.75, 3.05) is 4.43 Å². The van der Waals surface area contributed by atoms with Gasteiger partial charge >= 0.3 is 0 Å². The Labute approximate surface area is 116 Å². The van der Waals surface area contributed by atoms with Crippen LogP contribution in [-0.4, -0.2) is 18.8 Å². The van der Waals surface area contributed by atoms with Gasteiger partial charge in [0.2, 0.25) is 0 Å². The predicted octanol–water partition coefficient (Wildman–Crippen LogP) is 5.17. The fourth-order valence-electron chi connectivity index (χ4n) is 1.12. The summed E-state index contributed by atoms with van der Waals surface area (Å²) >= 11 is 2.40. The molecule has 0 aromatic rings. The topological polar surface area (TPSA) is 9.23 Å². The van der Waals surface area contributed by atoms with Gasteiger partial charge in [-0.25, -0.2) is 0 Å². The van der Waals surface area contributed by atoms with Gasteiger partial charge in [-0.1, -0.05) is 62.4 Å². The van der Waals surface area contributed by atoms with E-state index in [0.29, 0.717) is 11.1 Å². The van der Waals surface area contributed by atoms with E-state index < -0.39 is 8.32 Å². The van der Waals surface area contributed by atoms with Crippen LogP contribution in [0.25, 0.3) is 0 Å². The average molecular weight is 354 g/mol. The van der Waals surface area contributed by atoms with Crippen molar-refractivity contribution < 1.29 is 4.43 Å². The molecule has 0 aromatic carbocycles. The SMILES string of the molecule is CC[C@@H](/C=C/CCI)O[Si](C)(C)C(C)(C)C. The molecule has 0 unspecified atom stereocenters. The van der Waals surface area contributed by atoms with Gasteiger partial charge in [-0.2, -0.15) is 0 Å². The Hall–Kier alpha value is 0.647. The Kier molecular flexibility index (Phi) is 7.45. The molecule has 0 aromatic heterocycles. The molecule has 0 bridgehead atoms. The minimum absolute atomic E-state index is 0.303. The Morgan fingerprint density at radius 2 is 1.88 bits per heavy atom. The monoisotopic (exact) mass is 354 g/mol. The van der Waals surface area contributed by atoms with Gasteiger partial charge in [0.05, 0.1) is 6.10 Å². The van der Waals surface area contributed by atoms with Gasteiger partial charge in [0.1, 0.15) is 0 Å². The molecule has 96 valence electrons. The van der Waals surface area contributed by atoms with Crippen LogP contribution < -0.4 is 0 Å². The molecule has 1 nitrogen and oxygen atoms in total. The number of rotatable bonds is 6. The number of halogens is 1. The Balaban J connectivity index is 4.42. The molecule has 0 fully saturated rings. The number of allylic oxidation sites excluding steroid dienone is 1. The van der Waals surface area contributed by atoms with Gasteiger partial charge in [-0.05, 0) is 31.0 Å². The van der Waals surface area contributed by atoms with Crippen LogP contribution in [0.3, 0.4) is 0 Å². The van der Waals surface area contributed by atoms with E-state index in [1.165, 1.54) is 4.43 Å². The van der Waals surface area contributed by atoms with Crippen LogP contribution in [0.1, 0.15) is 40.5 Å². The van der Waals surface area contributed by atoms with Crippen LogP contribution in [0.2, 0.25) is 18.1 Å². The van der Waals surface area contributed by atoms with Crippen molar-refractivity contribution in [1.82, 2.24) is 0 Å². The van der Waals surface area contributed by atoms with E-state index >= 15 is 0 Å². The highest BCUT2D eigenvalue weighted by atomic mass is 127. The maximum Gasteiger partial charge on any atom is 0.192 e. The second-order valence-corrected chi connectivity index (χ2v) is 11.6. The second kappa shape index (κ2) is 7.16. The molecule has 0 amide bonds. The summed E-state index contributed by atoms with van der Waals surface area (Å²) in [6.45, 7) is 13.7. The lowest BCUT2D eigenvalue weighted by Gasteiger charge is -2.38. The van der Waals surface area contributed by atoms with Crippen molar-refractivity contribution >= 4 is 30.9 Å². The van der Waals surface area contributed by atoms with Gasteiger partial charge < -0.3 is 4.43 Å². The van der Waals surface area contributed by atoms with Crippen LogP contribution in [0, 0.1) is 0 Å². The lowest BCUT2D eigenvalue weighted by Crippen LogP contribution is -2.43. The van der Waals surface area contributed by atoms with E-state index in [-0.39, 0.29) is 0 Å². The molecule has 0 radical (unpaired) electrons. The number of hydrogen-bond acceptors (Lipinski definition) is 1. The van der Waals surface area contributed by atoms with E-state index in [0.717, 1.165) is 12.8 Å². The smallest absolute Gasteiger partial charge is 0.192 e. The third-order valence-corrected chi connectivity index (χ3v) is 8.41. The minimum atomic E-state index is -1.60. The molecule has 0 heterocycles. The first-order valence-electron chi connectivity index (χ1n) is 6.15. The van der Waals surface area contributed by atoms with Gasteiger partial charge in [0, 0.05) is 4.43 Å². The molecule has 0 aliphatic heterocycles. The molecule has 3 heteroatoms. The highest BCUT2D eigenvalue weighted by molar-refractivity contribution is 14.1. The first-order chi connectivity index (χ1) is 7.24. The van der Waals surface area contributed by atoms with Crippen molar-refractivity contribution in [3.63, 3.8) is 0 Å². The fourth-order valence-corrected chi connectivity index (χ4v) is 2.84. The molecule has 0 saturated carbocycles. The Bertz CT molecular complexity index is 218. The molecular formula is C13H27IOSi. The van der Waals surface area contributed by atoms with Crippen molar-refractivity contribution in [3.8, 4) is 0 Å². The van der Waals surface area contributed by atoms with Crippen LogP contribution >= 0.6 is 22.6 Å². The van der Waals surface area contributed by atoms with Crippen molar-refractivity contribution in [1.29, 1.82) is 0 Å².